The van der Waals surface area contributed by atoms with Gasteiger partial charge in [-0.3, -0.25) is 4.79 Å². The lowest BCUT2D eigenvalue weighted by Crippen LogP contribution is -2.47. The summed E-state index contributed by atoms with van der Waals surface area (Å²) in [4.78, 5) is 14.3. The van der Waals surface area contributed by atoms with E-state index >= 15 is 0 Å². The van der Waals surface area contributed by atoms with Crippen LogP contribution in [0.4, 0.5) is 5.69 Å². The van der Waals surface area contributed by atoms with Crippen molar-refractivity contribution >= 4 is 21.6 Å². The Morgan fingerprint density at radius 2 is 1.80 bits per heavy atom. The summed E-state index contributed by atoms with van der Waals surface area (Å²) in [5.74, 6) is -0.251. The molecule has 0 fully saturated rings. The molecule has 3 rings (SSSR count). The first kappa shape index (κ1) is 17.6. The Hall–Kier alpha value is -2.18. The second-order valence-electron chi connectivity index (χ2n) is 6.26. The maximum Gasteiger partial charge on any atom is 0.244 e. The number of hydrogen-bond acceptors (Lipinski definition) is 3. The lowest BCUT2D eigenvalue weighted by atomic mass is 10.2. The fourth-order valence-corrected chi connectivity index (χ4v) is 4.34. The summed E-state index contributed by atoms with van der Waals surface area (Å²) in [5, 5.41) is 0. The van der Waals surface area contributed by atoms with E-state index in [9.17, 15) is 13.2 Å². The van der Waals surface area contributed by atoms with Crippen molar-refractivity contribution in [2.45, 2.75) is 25.8 Å². The van der Waals surface area contributed by atoms with Gasteiger partial charge in [-0.1, -0.05) is 48.5 Å². The lowest BCUT2D eigenvalue weighted by Gasteiger charge is -2.22. The molecule has 1 amide bonds. The summed E-state index contributed by atoms with van der Waals surface area (Å²) in [6, 6.07) is 16.4. The first-order valence-electron chi connectivity index (χ1n) is 8.39. The average Bonchev–Trinajstić information content (AvgIpc) is 3.04. The van der Waals surface area contributed by atoms with E-state index < -0.39 is 16.1 Å². The van der Waals surface area contributed by atoms with Crippen LogP contribution in [0.2, 0.25) is 0 Å². The Bertz CT molecular complexity index is 850. The number of anilines is 1. The van der Waals surface area contributed by atoms with Crippen molar-refractivity contribution in [1.82, 2.24) is 4.72 Å². The summed E-state index contributed by atoms with van der Waals surface area (Å²) in [5.41, 5.74) is 2.96. The maximum atomic E-state index is 12.7. The zero-order valence-corrected chi connectivity index (χ0v) is 15.0. The zero-order valence-electron chi connectivity index (χ0n) is 14.2. The third kappa shape index (κ3) is 4.27. The van der Waals surface area contributed by atoms with Crippen molar-refractivity contribution in [3.8, 4) is 0 Å². The largest absolute Gasteiger partial charge is 0.310 e. The monoisotopic (exact) mass is 358 g/mol. The number of nitrogens with one attached hydrogen (secondary N) is 1. The van der Waals surface area contributed by atoms with Crippen LogP contribution >= 0.6 is 0 Å². The number of para-hydroxylation sites is 1. The predicted molar refractivity (Wildman–Crippen MR) is 99.0 cm³/mol. The highest BCUT2D eigenvalue weighted by Crippen LogP contribution is 2.27. The molecule has 0 bridgehead atoms. The van der Waals surface area contributed by atoms with Gasteiger partial charge < -0.3 is 4.90 Å². The molecular weight excluding hydrogens is 336 g/mol. The van der Waals surface area contributed by atoms with E-state index in [1.165, 1.54) is 0 Å². The Morgan fingerprint density at radius 3 is 2.56 bits per heavy atom. The molecule has 1 heterocycles. The molecule has 0 aromatic heterocycles. The smallest absolute Gasteiger partial charge is 0.244 e. The topological polar surface area (TPSA) is 66.5 Å². The molecule has 132 valence electrons. The number of carbonyl (C=O) groups excluding carboxylic acids is 1. The highest BCUT2D eigenvalue weighted by atomic mass is 32.2. The lowest BCUT2D eigenvalue weighted by molar-refractivity contribution is -0.119. The normalized spacial score (nSPS) is 15.0. The number of nitrogens with zero attached hydrogens (tertiary/aromatic N) is 1. The minimum atomic E-state index is -3.53. The summed E-state index contributed by atoms with van der Waals surface area (Å²) in [6.45, 7) is 2.19. The van der Waals surface area contributed by atoms with E-state index in [1.807, 2.05) is 54.6 Å². The molecule has 0 saturated heterocycles. The van der Waals surface area contributed by atoms with Gasteiger partial charge in [-0.15, -0.1) is 0 Å². The van der Waals surface area contributed by atoms with Crippen LogP contribution < -0.4 is 9.62 Å². The van der Waals surface area contributed by atoms with Gasteiger partial charge in [0, 0.05) is 12.2 Å². The van der Waals surface area contributed by atoms with Crippen molar-refractivity contribution in [3.63, 3.8) is 0 Å². The molecule has 0 radical (unpaired) electrons. The second kappa shape index (κ2) is 7.37. The molecule has 0 unspecified atom stereocenters. The molecule has 2 aromatic carbocycles. The average molecular weight is 358 g/mol. The Kier molecular flexibility index (Phi) is 5.20. The van der Waals surface area contributed by atoms with Crippen molar-refractivity contribution < 1.29 is 13.2 Å². The molecule has 2 aromatic rings. The Balaban J connectivity index is 1.61. The fourth-order valence-electron chi connectivity index (χ4n) is 3.08. The first-order chi connectivity index (χ1) is 12.0. The van der Waals surface area contributed by atoms with Gasteiger partial charge >= 0.3 is 0 Å². The highest BCUT2D eigenvalue weighted by molar-refractivity contribution is 7.89. The minimum Gasteiger partial charge on any atom is -0.310 e. The van der Waals surface area contributed by atoms with Gasteiger partial charge in [0.2, 0.25) is 15.9 Å². The van der Waals surface area contributed by atoms with Crippen LogP contribution in [0.5, 0.6) is 0 Å². The van der Waals surface area contributed by atoms with Gasteiger partial charge in [-0.25, -0.2) is 13.1 Å². The van der Waals surface area contributed by atoms with Crippen LogP contribution in [-0.2, 0) is 27.7 Å². The maximum absolute atomic E-state index is 12.7. The van der Waals surface area contributed by atoms with E-state index in [-0.39, 0.29) is 11.7 Å². The Labute approximate surface area is 148 Å². The van der Waals surface area contributed by atoms with E-state index in [1.54, 1.807) is 11.8 Å². The number of carbonyl (C=O) groups is 1. The van der Waals surface area contributed by atoms with Crippen LogP contribution in [0.3, 0.4) is 0 Å². The molecule has 0 spiro atoms. The number of hydrogen-bond donors (Lipinski definition) is 1. The van der Waals surface area contributed by atoms with Crippen LogP contribution in [0.15, 0.2) is 54.6 Å². The van der Waals surface area contributed by atoms with Crippen molar-refractivity contribution in [2.24, 2.45) is 0 Å². The van der Waals surface area contributed by atoms with Gasteiger partial charge in [0.15, 0.2) is 0 Å². The summed E-state index contributed by atoms with van der Waals surface area (Å²) in [7, 11) is -3.53. The van der Waals surface area contributed by atoms with E-state index in [0.29, 0.717) is 13.0 Å². The van der Waals surface area contributed by atoms with Crippen molar-refractivity contribution in [3.05, 3.63) is 65.7 Å². The van der Waals surface area contributed by atoms with Gasteiger partial charge in [0.1, 0.15) is 0 Å². The third-order valence-corrected chi connectivity index (χ3v) is 5.84. The molecule has 25 heavy (non-hydrogen) atoms. The fraction of sp³-hybridized carbons (Fsp3) is 0.316. The summed E-state index contributed by atoms with van der Waals surface area (Å²) >= 11 is 0. The predicted octanol–water partition coefficient (Wildman–Crippen LogP) is 2.13. The van der Waals surface area contributed by atoms with Crippen LogP contribution in [-0.4, -0.2) is 32.7 Å². The van der Waals surface area contributed by atoms with Gasteiger partial charge in [-0.05, 0) is 37.0 Å². The summed E-state index contributed by atoms with van der Waals surface area (Å²) in [6.07, 6.45) is 1.22. The summed E-state index contributed by atoms with van der Waals surface area (Å²) < 4.78 is 27.1. The molecule has 1 aliphatic rings. The zero-order chi connectivity index (χ0) is 17.9. The number of aryl methyl sites for hydroxylation is 1. The molecule has 0 saturated carbocycles. The van der Waals surface area contributed by atoms with Gasteiger partial charge in [0.05, 0.1) is 11.8 Å². The number of rotatable bonds is 6. The van der Waals surface area contributed by atoms with E-state index in [4.69, 9.17) is 0 Å². The number of benzene rings is 2. The van der Waals surface area contributed by atoms with E-state index in [0.717, 1.165) is 23.2 Å². The number of sulfonamides is 1. The SMILES string of the molecule is C[C@H](NS(=O)(=O)CCc1ccccc1)C(=O)N1CCc2ccccc21. The molecule has 1 atom stereocenters. The standard InChI is InChI=1S/C19H22N2O3S/c1-15(19(22)21-13-11-17-9-5-6-10-18(17)21)20-25(23,24)14-12-16-7-3-2-4-8-16/h2-10,15,20H,11-14H2,1H3/t15-/m0/s1. The first-order valence-corrected chi connectivity index (χ1v) is 10.0. The van der Waals surface area contributed by atoms with Crippen LogP contribution in [0, 0.1) is 0 Å². The minimum absolute atomic E-state index is 0.0365. The van der Waals surface area contributed by atoms with Crippen molar-refractivity contribution in [2.75, 3.05) is 17.2 Å². The molecule has 6 heteroatoms. The van der Waals surface area contributed by atoms with Crippen LogP contribution in [0.25, 0.3) is 0 Å². The highest BCUT2D eigenvalue weighted by Gasteiger charge is 2.29. The molecule has 5 nitrogen and oxygen atoms in total. The van der Waals surface area contributed by atoms with Gasteiger partial charge in [-0.2, -0.15) is 0 Å². The molecule has 1 aliphatic heterocycles. The third-order valence-electron chi connectivity index (χ3n) is 4.38. The molecular formula is C19H22N2O3S. The molecule has 1 N–H and O–H groups in total. The second-order valence-corrected chi connectivity index (χ2v) is 8.14. The van der Waals surface area contributed by atoms with Crippen molar-refractivity contribution in [1.29, 1.82) is 0 Å². The Morgan fingerprint density at radius 1 is 1.12 bits per heavy atom. The number of fused-ring (bicyclic) bond motifs is 1. The quantitative estimate of drug-likeness (QED) is 0.860. The number of amides is 1. The molecule has 0 aliphatic carbocycles. The van der Waals surface area contributed by atoms with Crippen LogP contribution in [0.1, 0.15) is 18.1 Å². The van der Waals surface area contributed by atoms with E-state index in [2.05, 4.69) is 4.72 Å². The van der Waals surface area contributed by atoms with Gasteiger partial charge in [0.25, 0.3) is 0 Å².